The van der Waals surface area contributed by atoms with Gasteiger partial charge in [-0.1, -0.05) is 84.1 Å². The Labute approximate surface area is 123 Å². The summed E-state index contributed by atoms with van der Waals surface area (Å²) in [7, 11) is 0. The summed E-state index contributed by atoms with van der Waals surface area (Å²) >= 11 is 0. The molecule has 0 aliphatic heterocycles. The zero-order valence-corrected chi connectivity index (χ0v) is 14.5. The van der Waals surface area contributed by atoms with Gasteiger partial charge in [0.05, 0.1) is 0 Å². The summed E-state index contributed by atoms with van der Waals surface area (Å²) in [6.07, 6.45) is 14.5. The SMILES string of the molecule is C=C.CCC.CCC1CC=CC=C1C.CCCCC. The Bertz CT molecular complexity index is 196. The molecule has 0 spiro atoms. The molecular formula is C19H38. The van der Waals surface area contributed by atoms with Crippen molar-refractivity contribution in [1.29, 1.82) is 0 Å². The van der Waals surface area contributed by atoms with Gasteiger partial charge in [-0.15, -0.1) is 13.2 Å². The van der Waals surface area contributed by atoms with Crippen LogP contribution in [0.1, 0.15) is 80.1 Å². The normalized spacial score (nSPS) is 15.7. The zero-order chi connectivity index (χ0) is 15.5. The number of rotatable bonds is 3. The second-order valence-electron chi connectivity index (χ2n) is 4.74. The molecule has 0 aromatic heterocycles. The van der Waals surface area contributed by atoms with E-state index in [1.54, 1.807) is 5.57 Å². The van der Waals surface area contributed by atoms with Gasteiger partial charge in [0.25, 0.3) is 0 Å². The van der Waals surface area contributed by atoms with E-state index in [2.05, 4.69) is 72.9 Å². The monoisotopic (exact) mass is 266 g/mol. The van der Waals surface area contributed by atoms with Crippen molar-refractivity contribution in [3.8, 4) is 0 Å². The first kappa shape index (κ1) is 23.3. The van der Waals surface area contributed by atoms with Crippen LogP contribution in [0.5, 0.6) is 0 Å². The lowest BCUT2D eigenvalue weighted by molar-refractivity contribution is 0.595. The standard InChI is InChI=1S/C9H14.C5H12.C3H8.C2H4/c1-3-9-7-5-4-6-8(9)2;1-3-5-4-2;1-3-2;1-2/h4-6,9H,3,7H2,1-2H3;3-5H2,1-2H3;3H2,1-2H3;1-2H2. The van der Waals surface area contributed by atoms with Crippen molar-refractivity contribution in [3.05, 3.63) is 37.0 Å². The topological polar surface area (TPSA) is 0 Å². The fraction of sp³-hybridized carbons (Fsp3) is 0.684. The van der Waals surface area contributed by atoms with Crippen LogP contribution in [0.2, 0.25) is 0 Å². The van der Waals surface area contributed by atoms with Gasteiger partial charge >= 0.3 is 0 Å². The van der Waals surface area contributed by atoms with Crippen LogP contribution >= 0.6 is 0 Å². The molecular weight excluding hydrogens is 228 g/mol. The number of hydrogen-bond donors (Lipinski definition) is 0. The van der Waals surface area contributed by atoms with Crippen LogP contribution in [0.15, 0.2) is 37.0 Å². The predicted octanol–water partition coefficient (Wildman–Crippen LogP) is 7.33. The largest absolute Gasteiger partial charge is 0.106 e. The van der Waals surface area contributed by atoms with Crippen molar-refractivity contribution in [3.63, 3.8) is 0 Å². The molecule has 0 fully saturated rings. The Morgan fingerprint density at radius 3 is 1.74 bits per heavy atom. The number of allylic oxidation sites excluding steroid dienone is 4. The Hall–Kier alpha value is -0.780. The van der Waals surface area contributed by atoms with E-state index < -0.39 is 0 Å². The van der Waals surface area contributed by atoms with Crippen molar-refractivity contribution in [2.24, 2.45) is 5.92 Å². The first-order valence-corrected chi connectivity index (χ1v) is 8.00. The van der Waals surface area contributed by atoms with Crippen LogP contribution in [0, 0.1) is 5.92 Å². The minimum Gasteiger partial charge on any atom is -0.106 e. The molecule has 1 unspecified atom stereocenters. The highest BCUT2D eigenvalue weighted by atomic mass is 14.1. The van der Waals surface area contributed by atoms with E-state index >= 15 is 0 Å². The fourth-order valence-corrected chi connectivity index (χ4v) is 1.63. The van der Waals surface area contributed by atoms with Crippen molar-refractivity contribution >= 4 is 0 Å². The molecule has 0 nitrogen and oxygen atoms in total. The Morgan fingerprint density at radius 2 is 1.53 bits per heavy atom. The van der Waals surface area contributed by atoms with Crippen molar-refractivity contribution < 1.29 is 0 Å². The van der Waals surface area contributed by atoms with Gasteiger partial charge in [0.15, 0.2) is 0 Å². The second-order valence-corrected chi connectivity index (χ2v) is 4.74. The molecule has 19 heavy (non-hydrogen) atoms. The summed E-state index contributed by atoms with van der Waals surface area (Å²) in [4.78, 5) is 0. The van der Waals surface area contributed by atoms with Gasteiger partial charge in [0.1, 0.15) is 0 Å². The third-order valence-corrected chi connectivity index (χ3v) is 2.76. The Morgan fingerprint density at radius 1 is 1.05 bits per heavy atom. The molecule has 0 bridgehead atoms. The molecule has 1 aliphatic carbocycles. The van der Waals surface area contributed by atoms with Gasteiger partial charge in [-0.3, -0.25) is 0 Å². The number of unbranched alkanes of at least 4 members (excludes halogenated alkanes) is 2. The number of hydrogen-bond acceptors (Lipinski definition) is 0. The molecule has 114 valence electrons. The molecule has 0 amide bonds. The van der Waals surface area contributed by atoms with Crippen LogP contribution in [0.4, 0.5) is 0 Å². The lowest BCUT2D eigenvalue weighted by atomic mass is 9.91. The lowest BCUT2D eigenvalue weighted by Crippen LogP contribution is -2.00. The summed E-state index contributed by atoms with van der Waals surface area (Å²) < 4.78 is 0. The average molecular weight is 267 g/mol. The maximum Gasteiger partial charge on any atom is -0.0171 e. The highest BCUT2D eigenvalue weighted by molar-refractivity contribution is 5.18. The van der Waals surface area contributed by atoms with Crippen LogP contribution in [-0.4, -0.2) is 0 Å². The van der Waals surface area contributed by atoms with Gasteiger partial charge in [0.2, 0.25) is 0 Å². The minimum absolute atomic E-state index is 0.829. The minimum atomic E-state index is 0.829. The highest BCUT2D eigenvalue weighted by Gasteiger charge is 2.07. The molecule has 1 atom stereocenters. The van der Waals surface area contributed by atoms with E-state index in [9.17, 15) is 0 Å². The second kappa shape index (κ2) is 22.4. The molecule has 1 aliphatic rings. The van der Waals surface area contributed by atoms with Gasteiger partial charge in [0, 0.05) is 0 Å². The highest BCUT2D eigenvalue weighted by Crippen LogP contribution is 2.22. The van der Waals surface area contributed by atoms with Gasteiger partial charge in [-0.25, -0.2) is 0 Å². The van der Waals surface area contributed by atoms with Crippen LogP contribution < -0.4 is 0 Å². The molecule has 0 heterocycles. The fourth-order valence-electron chi connectivity index (χ4n) is 1.63. The summed E-state index contributed by atoms with van der Waals surface area (Å²) in [6.45, 7) is 19.1. The van der Waals surface area contributed by atoms with Crippen LogP contribution in [0.3, 0.4) is 0 Å². The van der Waals surface area contributed by atoms with E-state index in [0.29, 0.717) is 0 Å². The predicted molar refractivity (Wildman–Crippen MR) is 93.7 cm³/mol. The molecule has 0 N–H and O–H groups in total. The zero-order valence-electron chi connectivity index (χ0n) is 14.5. The van der Waals surface area contributed by atoms with Crippen LogP contribution in [-0.2, 0) is 0 Å². The molecule has 0 heteroatoms. The molecule has 0 aromatic rings. The smallest absolute Gasteiger partial charge is 0.0171 e. The Balaban J connectivity index is -0.000000219. The van der Waals surface area contributed by atoms with E-state index in [1.807, 2.05) is 0 Å². The average Bonchev–Trinajstić information content (AvgIpc) is 2.44. The van der Waals surface area contributed by atoms with Crippen LogP contribution in [0.25, 0.3) is 0 Å². The van der Waals surface area contributed by atoms with E-state index in [-0.39, 0.29) is 0 Å². The molecule has 1 rings (SSSR count). The van der Waals surface area contributed by atoms with Gasteiger partial charge in [-0.05, 0) is 25.7 Å². The maximum atomic E-state index is 3.00. The molecule has 0 saturated carbocycles. The van der Waals surface area contributed by atoms with Gasteiger partial charge in [-0.2, -0.15) is 0 Å². The third-order valence-electron chi connectivity index (χ3n) is 2.76. The maximum absolute atomic E-state index is 3.00. The summed E-state index contributed by atoms with van der Waals surface area (Å²) in [5.41, 5.74) is 1.54. The lowest BCUT2D eigenvalue weighted by Gasteiger charge is -2.15. The first-order chi connectivity index (χ1) is 9.17. The van der Waals surface area contributed by atoms with E-state index in [0.717, 1.165) is 5.92 Å². The molecule has 0 saturated heterocycles. The summed E-state index contributed by atoms with van der Waals surface area (Å²) in [5.74, 6) is 0.829. The van der Waals surface area contributed by atoms with Crippen molar-refractivity contribution in [2.75, 3.05) is 0 Å². The molecule has 0 aromatic carbocycles. The summed E-state index contributed by atoms with van der Waals surface area (Å²) in [6, 6.07) is 0. The molecule has 0 radical (unpaired) electrons. The summed E-state index contributed by atoms with van der Waals surface area (Å²) in [5, 5.41) is 0. The third kappa shape index (κ3) is 19.7. The van der Waals surface area contributed by atoms with E-state index in [4.69, 9.17) is 0 Å². The Kier molecular flexibility index (Phi) is 27.5. The first-order valence-electron chi connectivity index (χ1n) is 8.00. The van der Waals surface area contributed by atoms with E-state index in [1.165, 1.54) is 38.5 Å². The van der Waals surface area contributed by atoms with Crippen molar-refractivity contribution in [1.82, 2.24) is 0 Å². The van der Waals surface area contributed by atoms with Crippen molar-refractivity contribution in [2.45, 2.75) is 80.1 Å². The van der Waals surface area contributed by atoms with Gasteiger partial charge < -0.3 is 0 Å². The quantitative estimate of drug-likeness (QED) is 0.469.